The van der Waals surface area contributed by atoms with Gasteiger partial charge in [0, 0.05) is 41.3 Å². The number of H-pyrrole nitrogens is 1. The maximum absolute atomic E-state index is 12.4. The van der Waals surface area contributed by atoms with Crippen LogP contribution in [0.15, 0.2) is 85.2 Å². The molecule has 0 bridgehead atoms. The van der Waals surface area contributed by atoms with E-state index in [1.807, 2.05) is 66.9 Å². The van der Waals surface area contributed by atoms with Crippen LogP contribution >= 0.6 is 0 Å². The molecule has 4 nitrogen and oxygen atoms in total. The van der Waals surface area contributed by atoms with Crippen molar-refractivity contribution >= 4 is 5.78 Å². The van der Waals surface area contributed by atoms with Crippen LogP contribution in [0.5, 0.6) is 0 Å². The van der Waals surface area contributed by atoms with Gasteiger partial charge < -0.3 is 4.98 Å². The zero-order valence-corrected chi connectivity index (χ0v) is 14.8. The van der Waals surface area contributed by atoms with Crippen molar-refractivity contribution in [1.82, 2.24) is 15.0 Å². The third-order valence-electron chi connectivity index (χ3n) is 4.39. The number of pyridine rings is 1. The molecule has 0 radical (unpaired) electrons. The molecule has 2 heterocycles. The largest absolute Gasteiger partial charge is 0.342 e. The summed E-state index contributed by atoms with van der Waals surface area (Å²) >= 11 is 0. The molecule has 4 rings (SSSR count). The van der Waals surface area contributed by atoms with Gasteiger partial charge in [-0.2, -0.15) is 0 Å². The second-order valence-corrected chi connectivity index (χ2v) is 6.42. The number of nitrogens with one attached hydrogen (secondary N) is 1. The zero-order chi connectivity index (χ0) is 18.5. The highest BCUT2D eigenvalue weighted by Gasteiger charge is 2.10. The van der Waals surface area contributed by atoms with Crippen LogP contribution < -0.4 is 0 Å². The van der Waals surface area contributed by atoms with Crippen LogP contribution in [-0.2, 0) is 12.8 Å². The van der Waals surface area contributed by atoms with Crippen molar-refractivity contribution in [2.75, 3.05) is 0 Å². The number of aromatic amines is 1. The Balaban J connectivity index is 1.50. The molecule has 0 aliphatic heterocycles. The lowest BCUT2D eigenvalue weighted by atomic mass is 10.1. The molecule has 0 fully saturated rings. The molecule has 0 saturated heterocycles. The van der Waals surface area contributed by atoms with Crippen molar-refractivity contribution in [2.24, 2.45) is 0 Å². The van der Waals surface area contributed by atoms with Gasteiger partial charge in [0.25, 0.3) is 0 Å². The van der Waals surface area contributed by atoms with E-state index in [-0.39, 0.29) is 12.2 Å². The van der Waals surface area contributed by atoms with E-state index in [2.05, 4.69) is 27.1 Å². The first kappa shape index (κ1) is 16.9. The minimum absolute atomic E-state index is 0.0597. The fourth-order valence-corrected chi connectivity index (χ4v) is 3.02. The third-order valence-corrected chi connectivity index (χ3v) is 4.39. The molecule has 4 aromatic rings. The van der Waals surface area contributed by atoms with E-state index in [1.165, 1.54) is 5.56 Å². The van der Waals surface area contributed by atoms with Crippen LogP contribution in [0.3, 0.4) is 0 Å². The lowest BCUT2D eigenvalue weighted by Crippen LogP contribution is -2.05. The highest BCUT2D eigenvalue weighted by atomic mass is 16.1. The highest BCUT2D eigenvalue weighted by molar-refractivity contribution is 5.97. The van der Waals surface area contributed by atoms with Crippen LogP contribution in [0.1, 0.15) is 27.3 Å². The molecule has 0 unspecified atom stereocenters. The third kappa shape index (κ3) is 4.18. The molecular formula is C23H19N3O. The van der Waals surface area contributed by atoms with Gasteiger partial charge in [-0.3, -0.25) is 9.78 Å². The highest BCUT2D eigenvalue weighted by Crippen LogP contribution is 2.18. The quantitative estimate of drug-likeness (QED) is 0.520. The van der Waals surface area contributed by atoms with E-state index < -0.39 is 0 Å². The number of carbonyl (C=O) groups is 1. The van der Waals surface area contributed by atoms with Crippen LogP contribution in [0.4, 0.5) is 0 Å². The monoisotopic (exact) mass is 353 g/mol. The summed E-state index contributed by atoms with van der Waals surface area (Å²) in [7, 11) is 0. The first-order valence-corrected chi connectivity index (χ1v) is 8.89. The van der Waals surface area contributed by atoms with Gasteiger partial charge in [-0.15, -0.1) is 0 Å². The molecule has 0 aliphatic rings. The van der Waals surface area contributed by atoms with E-state index in [0.717, 1.165) is 29.2 Å². The zero-order valence-electron chi connectivity index (χ0n) is 14.8. The van der Waals surface area contributed by atoms with Crippen molar-refractivity contribution in [3.8, 4) is 11.4 Å². The lowest BCUT2D eigenvalue weighted by molar-refractivity contribution is 0.0992. The predicted molar refractivity (Wildman–Crippen MR) is 106 cm³/mol. The molecular weight excluding hydrogens is 334 g/mol. The summed E-state index contributed by atoms with van der Waals surface area (Å²) in [5.74, 6) is 0.848. The summed E-state index contributed by atoms with van der Waals surface area (Å²) in [5, 5.41) is 0. The molecule has 4 heteroatoms. The number of hydrogen-bond donors (Lipinski definition) is 1. The Labute approximate surface area is 158 Å². The van der Waals surface area contributed by atoms with Crippen LogP contribution in [0.2, 0.25) is 0 Å². The fraction of sp³-hybridized carbons (Fsp3) is 0.0870. The van der Waals surface area contributed by atoms with E-state index in [0.29, 0.717) is 5.56 Å². The van der Waals surface area contributed by atoms with Gasteiger partial charge in [0.2, 0.25) is 0 Å². The van der Waals surface area contributed by atoms with Gasteiger partial charge >= 0.3 is 0 Å². The number of aromatic nitrogens is 3. The first-order chi connectivity index (χ1) is 13.3. The number of ketones is 1. The standard InChI is InChI=1S/C23H19N3O/c27-22(18-9-5-2-6-10-18)15-20-14-19(11-12-24-20)23-25-16-21(26-23)13-17-7-3-1-4-8-17/h1-12,14,16H,13,15H2,(H,25,26). The van der Waals surface area contributed by atoms with Crippen molar-refractivity contribution in [3.63, 3.8) is 0 Å². The molecule has 2 aromatic carbocycles. The van der Waals surface area contributed by atoms with Gasteiger partial charge in [-0.25, -0.2) is 4.98 Å². The number of rotatable bonds is 6. The normalized spacial score (nSPS) is 10.7. The SMILES string of the molecule is O=C(Cc1cc(-c2ncc(Cc3ccccc3)[nH]2)ccn1)c1ccccc1. The minimum Gasteiger partial charge on any atom is -0.342 e. The Hall–Kier alpha value is -3.53. The Morgan fingerprint density at radius 1 is 0.889 bits per heavy atom. The number of carbonyl (C=O) groups excluding carboxylic acids is 1. The molecule has 1 N–H and O–H groups in total. The number of Topliss-reactive ketones (excluding diaryl/α,β-unsaturated/α-hetero) is 1. The summed E-state index contributed by atoms with van der Waals surface area (Å²) in [6.07, 6.45) is 4.66. The number of benzene rings is 2. The van der Waals surface area contributed by atoms with Gasteiger partial charge in [0.1, 0.15) is 5.82 Å². The van der Waals surface area contributed by atoms with Crippen molar-refractivity contribution in [2.45, 2.75) is 12.8 Å². The lowest BCUT2D eigenvalue weighted by Gasteiger charge is -2.03. The average Bonchev–Trinajstić information content (AvgIpc) is 3.18. The number of nitrogens with zero attached hydrogens (tertiary/aromatic N) is 2. The van der Waals surface area contributed by atoms with E-state index in [9.17, 15) is 4.79 Å². The number of hydrogen-bond acceptors (Lipinski definition) is 3. The predicted octanol–water partition coefficient (Wildman–Crippen LogP) is 4.49. The van der Waals surface area contributed by atoms with Crippen LogP contribution in [-0.4, -0.2) is 20.7 Å². The van der Waals surface area contributed by atoms with E-state index in [1.54, 1.807) is 6.20 Å². The minimum atomic E-state index is 0.0597. The van der Waals surface area contributed by atoms with Gasteiger partial charge in [-0.1, -0.05) is 60.7 Å². The topological polar surface area (TPSA) is 58.6 Å². The molecule has 0 spiro atoms. The second kappa shape index (κ2) is 7.79. The fourth-order valence-electron chi connectivity index (χ4n) is 3.02. The molecule has 0 saturated carbocycles. The Bertz CT molecular complexity index is 1040. The summed E-state index contributed by atoms with van der Waals surface area (Å²) < 4.78 is 0. The number of imidazole rings is 1. The summed E-state index contributed by atoms with van der Waals surface area (Å²) in [6, 6.07) is 23.4. The summed E-state index contributed by atoms with van der Waals surface area (Å²) in [5.41, 5.74) is 4.65. The van der Waals surface area contributed by atoms with Crippen molar-refractivity contribution in [3.05, 3.63) is 108 Å². The summed E-state index contributed by atoms with van der Waals surface area (Å²) in [6.45, 7) is 0. The molecule has 0 aliphatic carbocycles. The maximum atomic E-state index is 12.4. The average molecular weight is 353 g/mol. The Morgan fingerprint density at radius 2 is 1.63 bits per heavy atom. The molecule has 0 atom stereocenters. The van der Waals surface area contributed by atoms with Gasteiger partial charge in [0.05, 0.1) is 6.42 Å². The Kier molecular flexibility index (Phi) is 4.88. The maximum Gasteiger partial charge on any atom is 0.168 e. The molecule has 27 heavy (non-hydrogen) atoms. The van der Waals surface area contributed by atoms with Crippen LogP contribution in [0.25, 0.3) is 11.4 Å². The Morgan fingerprint density at radius 3 is 2.41 bits per heavy atom. The second-order valence-electron chi connectivity index (χ2n) is 6.42. The van der Waals surface area contributed by atoms with Crippen molar-refractivity contribution < 1.29 is 4.79 Å². The van der Waals surface area contributed by atoms with Gasteiger partial charge in [0.15, 0.2) is 5.78 Å². The van der Waals surface area contributed by atoms with Crippen molar-refractivity contribution in [1.29, 1.82) is 0 Å². The van der Waals surface area contributed by atoms with Gasteiger partial charge in [-0.05, 0) is 17.7 Å². The molecule has 2 aromatic heterocycles. The van der Waals surface area contributed by atoms with E-state index in [4.69, 9.17) is 0 Å². The van der Waals surface area contributed by atoms with E-state index >= 15 is 0 Å². The van der Waals surface area contributed by atoms with Crippen LogP contribution in [0, 0.1) is 0 Å². The smallest absolute Gasteiger partial charge is 0.168 e. The first-order valence-electron chi connectivity index (χ1n) is 8.89. The summed E-state index contributed by atoms with van der Waals surface area (Å²) in [4.78, 5) is 24.6. The molecule has 132 valence electrons. The molecule has 0 amide bonds.